The minimum atomic E-state index is -0.206. The summed E-state index contributed by atoms with van der Waals surface area (Å²) in [4.78, 5) is 19.4. The van der Waals surface area contributed by atoms with E-state index in [9.17, 15) is 4.79 Å². The largest absolute Gasteiger partial charge is 0.378 e. The van der Waals surface area contributed by atoms with Crippen LogP contribution in [0.4, 0.5) is 11.4 Å². The predicted octanol–water partition coefficient (Wildman–Crippen LogP) is 5.22. The van der Waals surface area contributed by atoms with Crippen molar-refractivity contribution < 1.29 is 9.53 Å². The van der Waals surface area contributed by atoms with Crippen LogP contribution < -0.4 is 10.2 Å². The molecule has 156 valence electrons. The molecule has 5 nitrogen and oxygen atoms in total. The van der Waals surface area contributed by atoms with E-state index >= 15 is 0 Å². The lowest BCUT2D eigenvalue weighted by molar-refractivity contribution is -0.112. The van der Waals surface area contributed by atoms with Crippen LogP contribution in [0.25, 0.3) is 0 Å². The van der Waals surface area contributed by atoms with Crippen LogP contribution >= 0.6 is 23.2 Å². The number of amides is 1. The van der Waals surface area contributed by atoms with Gasteiger partial charge in [-0.05, 0) is 48.7 Å². The van der Waals surface area contributed by atoms with E-state index < -0.39 is 0 Å². The molecule has 2 heterocycles. The molecule has 0 aliphatic carbocycles. The minimum absolute atomic E-state index is 0.0723. The molecule has 2 aliphatic heterocycles. The fourth-order valence-corrected chi connectivity index (χ4v) is 4.29. The molecule has 2 aliphatic rings. The fourth-order valence-electron chi connectivity index (χ4n) is 3.63. The summed E-state index contributed by atoms with van der Waals surface area (Å²) in [5.41, 5.74) is 4.22. The molecule has 1 fully saturated rings. The van der Waals surface area contributed by atoms with Crippen LogP contribution in [0.1, 0.15) is 23.6 Å². The van der Waals surface area contributed by atoms with E-state index in [2.05, 4.69) is 15.2 Å². The van der Waals surface area contributed by atoms with Gasteiger partial charge in [0.2, 0.25) is 0 Å². The molecule has 0 saturated carbocycles. The summed E-state index contributed by atoms with van der Waals surface area (Å²) in [5.74, 6) is -0.206. The van der Waals surface area contributed by atoms with Gasteiger partial charge in [-0.3, -0.25) is 9.79 Å². The van der Waals surface area contributed by atoms with Crippen LogP contribution in [-0.2, 0) is 9.53 Å². The molecule has 1 saturated heterocycles. The molecule has 2 aromatic carbocycles. The van der Waals surface area contributed by atoms with Crippen molar-refractivity contribution in [1.29, 1.82) is 0 Å². The number of rotatable bonds is 4. The van der Waals surface area contributed by atoms with E-state index in [4.69, 9.17) is 27.9 Å². The quantitative estimate of drug-likeness (QED) is 0.704. The number of carbonyl (C=O) groups excluding carboxylic acids is 1. The van der Waals surface area contributed by atoms with Crippen LogP contribution in [0.15, 0.2) is 53.0 Å². The SMILES string of the molecule is Cc1ccc(C2CC=C(C(=O)Nc3ccc(N4CCOCC4)c(Cl)c3)C=N2)c(Cl)c1. The summed E-state index contributed by atoms with van der Waals surface area (Å²) in [6.07, 6.45) is 4.13. The molecule has 2 aromatic rings. The molecule has 1 atom stereocenters. The molecular weight excluding hydrogens is 421 g/mol. The number of aliphatic imine (C=N–C) groups is 1. The zero-order valence-electron chi connectivity index (χ0n) is 16.7. The lowest BCUT2D eigenvalue weighted by Gasteiger charge is -2.29. The summed E-state index contributed by atoms with van der Waals surface area (Å²) < 4.78 is 5.38. The van der Waals surface area contributed by atoms with Crippen LogP contribution in [0.2, 0.25) is 10.0 Å². The van der Waals surface area contributed by atoms with Crippen LogP contribution in [-0.4, -0.2) is 38.4 Å². The van der Waals surface area contributed by atoms with Gasteiger partial charge in [-0.25, -0.2) is 0 Å². The smallest absolute Gasteiger partial charge is 0.256 e. The van der Waals surface area contributed by atoms with Gasteiger partial charge in [-0.2, -0.15) is 0 Å². The molecule has 30 heavy (non-hydrogen) atoms. The van der Waals surface area contributed by atoms with Crippen molar-refractivity contribution in [3.05, 3.63) is 69.2 Å². The van der Waals surface area contributed by atoms with Crippen LogP contribution in [0.3, 0.4) is 0 Å². The van der Waals surface area contributed by atoms with E-state index in [1.807, 2.05) is 43.3 Å². The standard InChI is InChI=1S/C23H23Cl2N3O2/c1-15-2-5-18(19(24)12-15)21-6-3-16(14-26-21)23(29)27-17-4-7-22(20(25)13-17)28-8-10-30-11-9-28/h2-5,7,12-14,21H,6,8-11H2,1H3,(H,27,29). The number of anilines is 2. The zero-order chi connectivity index (χ0) is 21.1. The van der Waals surface area contributed by atoms with Gasteiger partial charge >= 0.3 is 0 Å². The molecule has 4 rings (SSSR count). The Morgan fingerprint density at radius 2 is 1.93 bits per heavy atom. The maximum atomic E-state index is 12.7. The normalized spacial score (nSPS) is 18.8. The predicted molar refractivity (Wildman–Crippen MR) is 123 cm³/mol. The summed E-state index contributed by atoms with van der Waals surface area (Å²) in [5, 5.41) is 4.21. The Labute approximate surface area is 186 Å². The summed E-state index contributed by atoms with van der Waals surface area (Å²) in [7, 11) is 0. The Morgan fingerprint density at radius 3 is 2.60 bits per heavy atom. The van der Waals surface area contributed by atoms with Gasteiger partial charge in [0.25, 0.3) is 5.91 Å². The highest BCUT2D eigenvalue weighted by atomic mass is 35.5. The molecular formula is C23H23Cl2N3O2. The Morgan fingerprint density at radius 1 is 1.13 bits per heavy atom. The van der Waals surface area contributed by atoms with E-state index in [0.29, 0.717) is 40.9 Å². The highest BCUT2D eigenvalue weighted by molar-refractivity contribution is 6.33. The molecule has 1 N–H and O–H groups in total. The third kappa shape index (κ3) is 4.69. The number of nitrogens with one attached hydrogen (secondary N) is 1. The minimum Gasteiger partial charge on any atom is -0.378 e. The van der Waals surface area contributed by atoms with Gasteiger partial charge in [0.1, 0.15) is 0 Å². The van der Waals surface area contributed by atoms with Crippen molar-refractivity contribution in [3.8, 4) is 0 Å². The van der Waals surface area contributed by atoms with E-state index in [1.54, 1.807) is 12.3 Å². The fraction of sp³-hybridized carbons (Fsp3) is 0.304. The van der Waals surface area contributed by atoms with Gasteiger partial charge in [0, 0.05) is 30.0 Å². The average molecular weight is 444 g/mol. The van der Waals surface area contributed by atoms with Crippen molar-refractivity contribution in [2.45, 2.75) is 19.4 Å². The molecule has 7 heteroatoms. The van der Waals surface area contributed by atoms with Gasteiger partial charge < -0.3 is 15.0 Å². The summed E-state index contributed by atoms with van der Waals surface area (Å²) in [6, 6.07) is 11.5. The topological polar surface area (TPSA) is 53.9 Å². The number of ether oxygens (including phenoxy) is 1. The lowest BCUT2D eigenvalue weighted by Crippen LogP contribution is -2.36. The lowest BCUT2D eigenvalue weighted by atomic mass is 9.99. The third-order valence-electron chi connectivity index (χ3n) is 5.29. The average Bonchev–Trinajstić information content (AvgIpc) is 2.75. The first-order chi connectivity index (χ1) is 14.5. The highest BCUT2D eigenvalue weighted by Gasteiger charge is 2.19. The third-order valence-corrected chi connectivity index (χ3v) is 5.92. The Balaban J connectivity index is 1.40. The van der Waals surface area contributed by atoms with Crippen molar-refractivity contribution >= 4 is 46.7 Å². The summed E-state index contributed by atoms with van der Waals surface area (Å²) in [6.45, 7) is 5.00. The first-order valence-electron chi connectivity index (χ1n) is 9.94. The molecule has 0 aromatic heterocycles. The second-order valence-corrected chi connectivity index (χ2v) is 8.25. The van der Waals surface area contributed by atoms with Crippen molar-refractivity contribution in [3.63, 3.8) is 0 Å². The first-order valence-corrected chi connectivity index (χ1v) is 10.7. The second-order valence-electron chi connectivity index (χ2n) is 7.43. The second kappa shape index (κ2) is 9.21. The molecule has 0 spiro atoms. The van der Waals surface area contributed by atoms with E-state index in [0.717, 1.165) is 29.9 Å². The Bertz CT molecular complexity index is 1010. The van der Waals surface area contributed by atoms with Gasteiger partial charge in [-0.15, -0.1) is 0 Å². The number of morpholine rings is 1. The monoisotopic (exact) mass is 443 g/mol. The van der Waals surface area contributed by atoms with Gasteiger partial charge in [0.05, 0.1) is 35.5 Å². The van der Waals surface area contributed by atoms with Crippen LogP contribution in [0.5, 0.6) is 0 Å². The number of carbonyl (C=O) groups is 1. The maximum absolute atomic E-state index is 12.7. The first kappa shape index (κ1) is 20.9. The Kier molecular flexibility index (Phi) is 6.42. The molecule has 1 unspecified atom stereocenters. The molecule has 0 radical (unpaired) electrons. The number of hydrogen-bond donors (Lipinski definition) is 1. The van der Waals surface area contributed by atoms with E-state index in [1.165, 1.54) is 0 Å². The van der Waals surface area contributed by atoms with Gasteiger partial charge in [-0.1, -0.05) is 41.4 Å². The van der Waals surface area contributed by atoms with Crippen LogP contribution in [0, 0.1) is 6.92 Å². The molecule has 1 amide bonds. The number of hydrogen-bond acceptors (Lipinski definition) is 4. The molecule has 0 bridgehead atoms. The Hall–Kier alpha value is -2.34. The highest BCUT2D eigenvalue weighted by Crippen LogP contribution is 2.32. The van der Waals surface area contributed by atoms with E-state index in [-0.39, 0.29) is 11.9 Å². The number of aryl methyl sites for hydroxylation is 1. The van der Waals surface area contributed by atoms with Crippen molar-refractivity contribution in [2.24, 2.45) is 4.99 Å². The maximum Gasteiger partial charge on any atom is 0.256 e. The van der Waals surface area contributed by atoms with Crippen molar-refractivity contribution in [1.82, 2.24) is 0 Å². The summed E-state index contributed by atoms with van der Waals surface area (Å²) >= 11 is 12.8. The zero-order valence-corrected chi connectivity index (χ0v) is 18.2. The number of dihydropyridines is 1. The van der Waals surface area contributed by atoms with Crippen molar-refractivity contribution in [2.75, 3.05) is 36.5 Å². The van der Waals surface area contributed by atoms with Gasteiger partial charge in [0.15, 0.2) is 0 Å². The number of halogens is 2. The number of benzene rings is 2. The number of nitrogens with zero attached hydrogens (tertiary/aromatic N) is 2.